The van der Waals surface area contributed by atoms with Gasteiger partial charge in [0.15, 0.2) is 61.3 Å². The SMILES string of the molecule is CCC(C)(C)c1cc(C)cc2c1OC[N+](C1CCCCC1C)=C2.COc1cc2c(c(C(C)(C)c3ccccc3)c1)OC[N+](C1CCCCC1C)=C2.COc1cc2c(c(C34CC5CC(CC(C5)C3)C4)c1)OC[N+](C1CCCCC1C)=C2.Cc1cc(C)c2c(c1)C=[N+](C1CCCCC1C)CO2.Cc1cc2c(c(C(C)(c3ccccc3)c3ccccc3)c1)OC[N+](C1CCCCC1C)=C2. The third kappa shape index (κ3) is 20.1. The van der Waals surface area contributed by atoms with Gasteiger partial charge in [0.05, 0.1) is 42.0 Å². The maximum Gasteiger partial charge on any atom is 0.287 e. The first kappa shape index (κ1) is 93.5. The first-order valence-corrected chi connectivity index (χ1v) is 51.5. The molecule has 5 aliphatic heterocycles. The van der Waals surface area contributed by atoms with Crippen LogP contribution in [0.5, 0.6) is 40.2 Å². The molecule has 0 saturated heterocycles. The van der Waals surface area contributed by atoms with E-state index >= 15 is 0 Å². The molecule has 4 bridgehead atoms. The number of fused-ring (bicyclic) bond motifs is 5. The summed E-state index contributed by atoms with van der Waals surface area (Å²) in [5.74, 6) is 13.8. The minimum absolute atomic E-state index is 0.157. The number of nitrogens with zero attached hydrogens (tertiary/aromatic N) is 5. The summed E-state index contributed by atoms with van der Waals surface area (Å²) in [5.41, 5.74) is 20.4. The van der Waals surface area contributed by atoms with Crippen molar-refractivity contribution in [2.24, 2.45) is 47.3 Å². The normalized spacial score (nSPS) is 26.8. The Morgan fingerprint density at radius 3 is 1.02 bits per heavy atom. The number of hydrogen-bond donors (Lipinski definition) is 0. The Balaban J connectivity index is 0.000000116. The molecule has 0 radical (unpaired) electrons. The average molecular weight is 1770 g/mol. The molecule has 8 aromatic carbocycles. The van der Waals surface area contributed by atoms with Crippen molar-refractivity contribution in [2.45, 2.75) is 329 Å². The van der Waals surface area contributed by atoms with Gasteiger partial charge in [-0.25, -0.2) is 0 Å². The molecule has 696 valence electrons. The third-order valence-corrected chi connectivity index (χ3v) is 34.0. The average Bonchev–Trinajstić information content (AvgIpc) is 0.715. The summed E-state index contributed by atoms with van der Waals surface area (Å²) in [7, 11) is 3.56. The van der Waals surface area contributed by atoms with Gasteiger partial charge in [-0.15, -0.1) is 0 Å². The Hall–Kier alpha value is -9.29. The number of hydrogen-bond acceptors (Lipinski definition) is 7. The molecule has 9 aliphatic carbocycles. The van der Waals surface area contributed by atoms with Gasteiger partial charge >= 0.3 is 0 Å². The van der Waals surface area contributed by atoms with Gasteiger partial charge in [-0.3, -0.25) is 0 Å². The number of methoxy groups -OCH3 is 2. The third-order valence-electron chi connectivity index (χ3n) is 34.0. The lowest BCUT2D eigenvalue weighted by Gasteiger charge is -2.57. The summed E-state index contributed by atoms with van der Waals surface area (Å²) in [6.45, 7) is 37.8. The summed E-state index contributed by atoms with van der Waals surface area (Å²) >= 11 is 0. The van der Waals surface area contributed by atoms with Gasteiger partial charge in [-0.2, -0.15) is 22.9 Å². The topological polar surface area (TPSA) is 79.7 Å². The van der Waals surface area contributed by atoms with E-state index in [0.29, 0.717) is 81.1 Å². The van der Waals surface area contributed by atoms with E-state index in [9.17, 15) is 0 Å². The summed E-state index contributed by atoms with van der Waals surface area (Å²) in [6.07, 6.45) is 48.1. The molecule has 0 N–H and O–H groups in total. The number of benzene rings is 8. The van der Waals surface area contributed by atoms with Crippen LogP contribution in [0.4, 0.5) is 0 Å². The van der Waals surface area contributed by atoms with Crippen molar-refractivity contribution < 1.29 is 56.0 Å². The second-order valence-electron chi connectivity index (χ2n) is 44.2. The second kappa shape index (κ2) is 40.5. The molecular weight excluding hydrogens is 1610 g/mol. The lowest BCUT2D eigenvalue weighted by molar-refractivity contribution is -0.601. The van der Waals surface area contributed by atoms with E-state index in [1.165, 1.54) is 256 Å². The Bertz CT molecular complexity index is 5430. The number of rotatable bonds is 15. The quantitative estimate of drug-likeness (QED) is 0.0747. The van der Waals surface area contributed by atoms with E-state index in [-0.39, 0.29) is 16.2 Å². The minimum Gasteiger partial charge on any atom is -0.497 e. The lowest BCUT2D eigenvalue weighted by Crippen LogP contribution is -2.49. The molecule has 8 aromatic rings. The van der Waals surface area contributed by atoms with Crippen molar-refractivity contribution >= 4 is 31.1 Å². The zero-order chi connectivity index (χ0) is 91.5. The van der Waals surface area contributed by atoms with E-state index in [1.807, 2.05) is 7.11 Å². The van der Waals surface area contributed by atoms with E-state index in [2.05, 4.69) is 309 Å². The van der Waals surface area contributed by atoms with E-state index < -0.39 is 0 Å². The predicted molar refractivity (Wildman–Crippen MR) is 536 cm³/mol. The number of ether oxygens (including phenoxy) is 7. The van der Waals surface area contributed by atoms with Crippen LogP contribution in [0.1, 0.15) is 339 Å². The molecule has 131 heavy (non-hydrogen) atoms. The Kier molecular flexibility index (Phi) is 28.9. The van der Waals surface area contributed by atoms with Crippen LogP contribution in [0, 0.1) is 75.0 Å². The molecule has 12 nitrogen and oxygen atoms in total. The predicted octanol–water partition coefficient (Wildman–Crippen LogP) is 26.3. The number of aryl methyl sites for hydroxylation is 4. The van der Waals surface area contributed by atoms with Gasteiger partial charge in [-0.05, 0) is 254 Å². The maximum absolute atomic E-state index is 6.61. The summed E-state index contributed by atoms with van der Waals surface area (Å²) in [4.78, 5) is 0. The molecule has 10 atom stereocenters. The fourth-order valence-corrected chi connectivity index (χ4v) is 26.5. The van der Waals surface area contributed by atoms with Crippen LogP contribution in [0.2, 0.25) is 0 Å². The second-order valence-corrected chi connectivity index (χ2v) is 44.2. The van der Waals surface area contributed by atoms with Crippen LogP contribution >= 0.6 is 0 Å². The molecule has 0 spiro atoms. The molecule has 12 heteroatoms. The minimum atomic E-state index is -0.299. The molecule has 9 fully saturated rings. The molecule has 0 aromatic heterocycles. The van der Waals surface area contributed by atoms with Gasteiger partial charge in [-0.1, -0.05) is 211 Å². The highest BCUT2D eigenvalue weighted by atomic mass is 16.5. The standard InChI is InChI=1S/C30H34NO.C26H36NO2.C25H32NO2.C21H32NO.C17H24NO/c1-22-18-24-20-31(28-17-11-10-12-23(28)2)21-32-29(24)27(19-22)30(3,25-13-6-4-7-14-25)26-15-8-5-9-16-26;1-17-5-3-4-6-24(17)27-15-21-10-22(28-2)11-23(25(21)29-16-27)26-12-18-7-19(13-26)9-20(8-18)14-26;1-18-10-8-9-13-23(18)26-16-19-14-21(27-4)15-22(24(19)28-17-26)25(2,3)20-11-6-5-7-12-20;1-6-21(4,5)18-12-15(2)11-17-13-22(14-23-20(17)18)19-10-8-7-9-16(19)3;1-12-8-14(3)17-15(9-12)10-18(11-19-17)16-7-5-4-6-13(16)2/h4-9,13-16,18-20,23,28H,10-12,17,21H2,1-3H3;10-11,15,17-20,24H,3-9,12-14,16H2,1-2H3;5-7,11-12,14-16,18,23H,8-10,13,17H2,1-4H3;11-13,16,19H,6-10,14H2,1-5H3;8-10,13,16H,4-7,11H2,1-3H3/q5*+1. The van der Waals surface area contributed by atoms with E-state index in [1.54, 1.807) is 7.11 Å². The van der Waals surface area contributed by atoms with Crippen LogP contribution in [0.15, 0.2) is 152 Å². The smallest absolute Gasteiger partial charge is 0.287 e. The first-order chi connectivity index (χ1) is 63.3. The molecule has 5 heterocycles. The van der Waals surface area contributed by atoms with Gasteiger partial charge in [0.2, 0.25) is 0 Å². The summed E-state index contributed by atoms with van der Waals surface area (Å²) in [6, 6.07) is 57.8. The Morgan fingerprint density at radius 2 is 0.641 bits per heavy atom. The van der Waals surface area contributed by atoms with Crippen molar-refractivity contribution in [3.05, 3.63) is 241 Å². The molecule has 14 aliphatic rings. The molecule has 9 saturated carbocycles. The Labute approximate surface area is 787 Å². The summed E-state index contributed by atoms with van der Waals surface area (Å²) in [5, 5.41) is 0. The zero-order valence-electron chi connectivity index (χ0n) is 83.0. The van der Waals surface area contributed by atoms with Crippen molar-refractivity contribution in [1.29, 1.82) is 0 Å². The highest BCUT2D eigenvalue weighted by molar-refractivity contribution is 5.86. The van der Waals surface area contributed by atoms with Crippen molar-refractivity contribution in [3.8, 4) is 40.2 Å². The van der Waals surface area contributed by atoms with Crippen LogP contribution in [-0.4, -0.2) is 132 Å². The van der Waals surface area contributed by atoms with E-state index in [4.69, 9.17) is 33.2 Å². The van der Waals surface area contributed by atoms with E-state index in [0.717, 1.165) is 82.0 Å². The maximum atomic E-state index is 6.61. The van der Waals surface area contributed by atoms with Crippen molar-refractivity contribution in [3.63, 3.8) is 0 Å². The van der Waals surface area contributed by atoms with Crippen LogP contribution < -0.4 is 33.2 Å². The molecular formula is C119H158N5O7+5. The fraction of sp³-hybridized carbons (Fsp3) is 0.555. The first-order valence-electron chi connectivity index (χ1n) is 51.5. The Morgan fingerprint density at radius 1 is 0.336 bits per heavy atom. The molecule has 22 rings (SSSR count). The lowest BCUT2D eigenvalue weighted by atomic mass is 9.48. The van der Waals surface area contributed by atoms with Gasteiger partial charge in [0.25, 0.3) is 33.7 Å². The van der Waals surface area contributed by atoms with Crippen LogP contribution in [-0.2, 0) is 21.7 Å². The molecule has 0 amide bonds. The van der Waals surface area contributed by atoms with Crippen LogP contribution in [0.3, 0.4) is 0 Å². The summed E-state index contributed by atoms with van der Waals surface area (Å²) < 4.78 is 55.6. The zero-order valence-corrected chi connectivity index (χ0v) is 83.0. The largest absolute Gasteiger partial charge is 0.497 e. The van der Waals surface area contributed by atoms with Gasteiger partial charge < -0.3 is 33.2 Å². The molecule has 10 unspecified atom stereocenters. The van der Waals surface area contributed by atoms with Gasteiger partial charge in [0, 0.05) is 94.8 Å². The highest BCUT2D eigenvalue weighted by Crippen LogP contribution is 2.63. The van der Waals surface area contributed by atoms with Crippen molar-refractivity contribution in [2.75, 3.05) is 47.9 Å². The monoisotopic (exact) mass is 1770 g/mol. The van der Waals surface area contributed by atoms with Gasteiger partial charge in [0.1, 0.15) is 40.2 Å². The van der Waals surface area contributed by atoms with Crippen LogP contribution in [0.25, 0.3) is 0 Å². The fourth-order valence-electron chi connectivity index (χ4n) is 26.5. The highest BCUT2D eigenvalue weighted by Gasteiger charge is 2.54. The van der Waals surface area contributed by atoms with Crippen molar-refractivity contribution in [1.82, 2.24) is 0 Å².